The first-order valence-electron chi connectivity index (χ1n) is 10.4. The Hall–Kier alpha value is -2.26. The molecule has 0 saturated carbocycles. The second kappa shape index (κ2) is 8.11. The molecule has 2 aromatic rings. The second-order valence-electron chi connectivity index (χ2n) is 8.32. The van der Waals surface area contributed by atoms with Gasteiger partial charge in [-0.2, -0.15) is 4.31 Å². The van der Waals surface area contributed by atoms with E-state index in [0.717, 1.165) is 18.5 Å². The number of fused-ring (bicyclic) bond motifs is 2. The van der Waals surface area contributed by atoms with E-state index in [9.17, 15) is 8.42 Å². The third kappa shape index (κ3) is 3.88. The predicted molar refractivity (Wildman–Crippen MR) is 112 cm³/mol. The molecule has 0 radical (unpaired) electrons. The van der Waals surface area contributed by atoms with E-state index in [0.29, 0.717) is 35.9 Å². The first-order chi connectivity index (χ1) is 14.3. The van der Waals surface area contributed by atoms with Gasteiger partial charge in [0, 0.05) is 31.1 Å². The lowest BCUT2D eigenvalue weighted by Crippen LogP contribution is -2.51. The Balaban J connectivity index is 1.49. The summed E-state index contributed by atoms with van der Waals surface area (Å²) in [7, 11) is -3.26. The molecule has 2 aliphatic heterocycles. The SMILES string of the molecule is Cc1ncccc1Oc1ncnc(OC2C[C@@H]3CC[C@@H](C2)N3S(=O)(=O)C(C)C)c1C. The van der Waals surface area contributed by atoms with Gasteiger partial charge in [0.25, 0.3) is 0 Å². The monoisotopic (exact) mass is 432 g/mol. The number of ether oxygens (including phenoxy) is 2. The number of pyridine rings is 1. The van der Waals surface area contributed by atoms with Gasteiger partial charge in [0.2, 0.25) is 21.8 Å². The molecule has 8 nitrogen and oxygen atoms in total. The van der Waals surface area contributed by atoms with Crippen molar-refractivity contribution in [3.8, 4) is 17.5 Å². The van der Waals surface area contributed by atoms with Crippen LogP contribution in [0.4, 0.5) is 0 Å². The molecule has 30 heavy (non-hydrogen) atoms. The lowest BCUT2D eigenvalue weighted by molar-refractivity contribution is 0.0903. The van der Waals surface area contributed by atoms with Crippen LogP contribution in [0.15, 0.2) is 24.7 Å². The highest BCUT2D eigenvalue weighted by Crippen LogP contribution is 2.40. The molecule has 0 amide bonds. The number of rotatable bonds is 6. The van der Waals surface area contributed by atoms with E-state index in [1.807, 2.05) is 26.0 Å². The van der Waals surface area contributed by atoms with Crippen LogP contribution in [0.2, 0.25) is 0 Å². The van der Waals surface area contributed by atoms with Crippen molar-refractivity contribution in [3.63, 3.8) is 0 Å². The predicted octanol–water partition coefficient (Wildman–Crippen LogP) is 3.39. The van der Waals surface area contributed by atoms with Crippen LogP contribution in [-0.2, 0) is 10.0 Å². The maximum Gasteiger partial charge on any atom is 0.229 e. The maximum absolute atomic E-state index is 12.8. The van der Waals surface area contributed by atoms with Gasteiger partial charge in [0.15, 0.2) is 5.75 Å². The zero-order valence-electron chi connectivity index (χ0n) is 17.8. The van der Waals surface area contributed by atoms with Crippen molar-refractivity contribution in [2.75, 3.05) is 0 Å². The summed E-state index contributed by atoms with van der Waals surface area (Å²) < 4.78 is 39.4. The summed E-state index contributed by atoms with van der Waals surface area (Å²) in [6.07, 6.45) is 6.16. The fourth-order valence-corrected chi connectivity index (χ4v) is 6.02. The number of hydrogen-bond donors (Lipinski definition) is 0. The van der Waals surface area contributed by atoms with Crippen LogP contribution in [-0.4, -0.2) is 51.1 Å². The van der Waals surface area contributed by atoms with Gasteiger partial charge >= 0.3 is 0 Å². The van der Waals surface area contributed by atoms with Crippen LogP contribution < -0.4 is 9.47 Å². The topological polar surface area (TPSA) is 94.5 Å². The molecule has 0 unspecified atom stereocenters. The molecular weight excluding hydrogens is 404 g/mol. The molecule has 2 aromatic heterocycles. The molecule has 0 aliphatic carbocycles. The van der Waals surface area contributed by atoms with Crippen LogP contribution in [0.25, 0.3) is 0 Å². The van der Waals surface area contributed by atoms with Crippen LogP contribution >= 0.6 is 0 Å². The molecule has 2 atom stereocenters. The Morgan fingerprint density at radius 2 is 1.73 bits per heavy atom. The highest BCUT2D eigenvalue weighted by atomic mass is 32.2. The Bertz CT molecular complexity index is 1010. The summed E-state index contributed by atoms with van der Waals surface area (Å²) in [5, 5.41) is -0.405. The van der Waals surface area contributed by atoms with E-state index in [2.05, 4.69) is 15.0 Å². The van der Waals surface area contributed by atoms with Crippen molar-refractivity contribution >= 4 is 10.0 Å². The van der Waals surface area contributed by atoms with Crippen LogP contribution in [0.1, 0.15) is 50.8 Å². The van der Waals surface area contributed by atoms with Crippen molar-refractivity contribution in [1.82, 2.24) is 19.3 Å². The first-order valence-corrected chi connectivity index (χ1v) is 11.9. The largest absolute Gasteiger partial charge is 0.474 e. The molecule has 0 N–H and O–H groups in total. The van der Waals surface area contributed by atoms with Crippen LogP contribution in [0.5, 0.6) is 17.5 Å². The van der Waals surface area contributed by atoms with Gasteiger partial charge in [-0.05, 0) is 52.7 Å². The van der Waals surface area contributed by atoms with Crippen molar-refractivity contribution < 1.29 is 17.9 Å². The average molecular weight is 433 g/mol. The summed E-state index contributed by atoms with van der Waals surface area (Å²) in [5.41, 5.74) is 1.48. The molecule has 2 aliphatic rings. The summed E-state index contributed by atoms with van der Waals surface area (Å²) in [6.45, 7) is 7.22. The average Bonchev–Trinajstić information content (AvgIpc) is 2.98. The van der Waals surface area contributed by atoms with E-state index in [-0.39, 0.29) is 18.2 Å². The molecule has 2 saturated heterocycles. The van der Waals surface area contributed by atoms with Gasteiger partial charge in [0.05, 0.1) is 16.5 Å². The molecule has 9 heteroatoms. The second-order valence-corrected chi connectivity index (χ2v) is 10.7. The summed E-state index contributed by atoms with van der Waals surface area (Å²) in [6, 6.07) is 3.65. The highest BCUT2D eigenvalue weighted by Gasteiger charge is 2.48. The molecule has 162 valence electrons. The lowest BCUT2D eigenvalue weighted by Gasteiger charge is -2.38. The molecule has 2 fully saturated rings. The smallest absolute Gasteiger partial charge is 0.229 e. The number of piperidine rings is 1. The van der Waals surface area contributed by atoms with Gasteiger partial charge in [0.1, 0.15) is 12.4 Å². The Kier molecular flexibility index (Phi) is 5.67. The zero-order valence-corrected chi connectivity index (χ0v) is 18.6. The van der Waals surface area contributed by atoms with E-state index in [1.165, 1.54) is 6.33 Å². The molecule has 2 bridgehead atoms. The lowest BCUT2D eigenvalue weighted by atomic mass is 10.0. The Labute approximate surface area is 177 Å². The molecule has 0 aromatic carbocycles. The molecule has 4 heterocycles. The molecule has 0 spiro atoms. The van der Waals surface area contributed by atoms with E-state index < -0.39 is 15.3 Å². The van der Waals surface area contributed by atoms with Gasteiger partial charge in [-0.25, -0.2) is 18.4 Å². The number of sulfonamides is 1. The minimum absolute atomic E-state index is 0.00273. The van der Waals surface area contributed by atoms with Gasteiger partial charge < -0.3 is 9.47 Å². The van der Waals surface area contributed by atoms with Crippen LogP contribution in [0, 0.1) is 13.8 Å². The van der Waals surface area contributed by atoms with Crippen molar-refractivity contribution in [2.45, 2.75) is 76.8 Å². The van der Waals surface area contributed by atoms with Crippen molar-refractivity contribution in [1.29, 1.82) is 0 Å². The highest BCUT2D eigenvalue weighted by molar-refractivity contribution is 7.89. The minimum atomic E-state index is -3.26. The number of aryl methyl sites for hydroxylation is 1. The fourth-order valence-electron chi connectivity index (χ4n) is 4.32. The van der Waals surface area contributed by atoms with Gasteiger partial charge in [-0.3, -0.25) is 4.98 Å². The molecule has 4 rings (SSSR count). The summed E-state index contributed by atoms with van der Waals surface area (Å²) in [4.78, 5) is 12.8. The minimum Gasteiger partial charge on any atom is -0.474 e. The van der Waals surface area contributed by atoms with Crippen LogP contribution in [0.3, 0.4) is 0 Å². The van der Waals surface area contributed by atoms with E-state index in [1.54, 1.807) is 24.3 Å². The number of nitrogens with zero attached hydrogens (tertiary/aromatic N) is 4. The third-order valence-corrected chi connectivity index (χ3v) is 8.32. The Morgan fingerprint density at radius 3 is 2.37 bits per heavy atom. The summed E-state index contributed by atoms with van der Waals surface area (Å²) >= 11 is 0. The first kappa shape index (κ1) is 21.0. The fraction of sp³-hybridized carbons (Fsp3) is 0.571. The standard InChI is InChI=1S/C21H28N4O4S/c1-13(2)30(26,27)25-16-7-8-17(25)11-18(10-16)28-20-14(3)21(24-12-23-20)29-19-6-5-9-22-15(19)4/h5-6,9,12-13,16-18H,7-8,10-11H2,1-4H3/t16-,17-/m0/s1. The Morgan fingerprint density at radius 1 is 1.07 bits per heavy atom. The normalized spacial score (nSPS) is 24.2. The number of hydrogen-bond acceptors (Lipinski definition) is 7. The van der Waals surface area contributed by atoms with E-state index in [4.69, 9.17) is 9.47 Å². The van der Waals surface area contributed by atoms with Gasteiger partial charge in [-0.15, -0.1) is 0 Å². The third-order valence-electron chi connectivity index (χ3n) is 5.95. The van der Waals surface area contributed by atoms with Crippen molar-refractivity contribution in [3.05, 3.63) is 35.9 Å². The number of aromatic nitrogens is 3. The summed E-state index contributed by atoms with van der Waals surface area (Å²) in [5.74, 6) is 1.54. The van der Waals surface area contributed by atoms with E-state index >= 15 is 0 Å². The molecular formula is C21H28N4O4S. The quantitative estimate of drug-likeness (QED) is 0.690. The van der Waals surface area contributed by atoms with Gasteiger partial charge in [-0.1, -0.05) is 0 Å². The van der Waals surface area contributed by atoms with Crippen molar-refractivity contribution in [2.24, 2.45) is 0 Å². The maximum atomic E-state index is 12.8. The zero-order chi connectivity index (χ0) is 21.5.